The van der Waals surface area contributed by atoms with Gasteiger partial charge in [-0.3, -0.25) is 4.79 Å². The van der Waals surface area contributed by atoms with E-state index >= 15 is 0 Å². The second-order valence-electron chi connectivity index (χ2n) is 3.73. The van der Waals surface area contributed by atoms with Crippen LogP contribution in [0, 0.1) is 0 Å². The molecule has 0 saturated heterocycles. The summed E-state index contributed by atoms with van der Waals surface area (Å²) in [6, 6.07) is 7.00. The van der Waals surface area contributed by atoms with Crippen LogP contribution in [0.25, 0.3) is 0 Å². The number of carbonyl (C=O) groups is 1. The van der Waals surface area contributed by atoms with Crippen molar-refractivity contribution in [1.29, 1.82) is 0 Å². The average molecular weight is 221 g/mol. The third-order valence-corrected chi connectivity index (χ3v) is 2.68. The van der Waals surface area contributed by atoms with Gasteiger partial charge in [-0.15, -0.1) is 0 Å². The summed E-state index contributed by atoms with van der Waals surface area (Å²) in [5.74, 6) is 0.455. The molecule has 3 heteroatoms. The molecular weight excluding hydrogens is 202 g/mol. The quantitative estimate of drug-likeness (QED) is 0.828. The number of carbonyl (C=O) groups excluding carboxylic acids is 1. The number of benzene rings is 1. The predicted octanol–water partition coefficient (Wildman–Crippen LogP) is 2.19. The number of phenols is 1. The van der Waals surface area contributed by atoms with Crippen molar-refractivity contribution in [3.05, 3.63) is 29.8 Å². The van der Waals surface area contributed by atoms with E-state index in [1.165, 1.54) is 0 Å². The molecule has 16 heavy (non-hydrogen) atoms. The molecule has 1 aromatic rings. The molecule has 0 spiro atoms. The van der Waals surface area contributed by atoms with E-state index in [-0.39, 0.29) is 11.7 Å². The molecule has 0 aliphatic carbocycles. The van der Waals surface area contributed by atoms with Crippen LogP contribution in [0.15, 0.2) is 24.3 Å². The van der Waals surface area contributed by atoms with Gasteiger partial charge in [0, 0.05) is 19.5 Å². The zero-order chi connectivity index (χ0) is 12.0. The maximum absolute atomic E-state index is 11.7. The van der Waals surface area contributed by atoms with Crippen LogP contribution in [0.2, 0.25) is 0 Å². The molecule has 88 valence electrons. The Morgan fingerprint density at radius 3 is 2.25 bits per heavy atom. The number of rotatable bonds is 5. The van der Waals surface area contributed by atoms with Crippen molar-refractivity contribution in [1.82, 2.24) is 4.90 Å². The van der Waals surface area contributed by atoms with E-state index in [1.807, 2.05) is 30.9 Å². The molecule has 1 aromatic carbocycles. The Kier molecular flexibility index (Phi) is 4.83. The lowest BCUT2D eigenvalue weighted by Crippen LogP contribution is -2.30. The molecular formula is C13H19NO2. The Bertz CT molecular complexity index is 328. The van der Waals surface area contributed by atoms with E-state index in [9.17, 15) is 4.79 Å². The van der Waals surface area contributed by atoms with E-state index in [1.54, 1.807) is 12.1 Å². The van der Waals surface area contributed by atoms with E-state index in [4.69, 9.17) is 5.11 Å². The number of phenolic OH excluding ortho intramolecular Hbond substituents is 1. The lowest BCUT2D eigenvalue weighted by atomic mass is 10.1. The monoisotopic (exact) mass is 221 g/mol. The third-order valence-electron chi connectivity index (χ3n) is 2.68. The zero-order valence-electron chi connectivity index (χ0n) is 9.94. The van der Waals surface area contributed by atoms with Crippen molar-refractivity contribution in [2.45, 2.75) is 26.7 Å². The van der Waals surface area contributed by atoms with Gasteiger partial charge in [-0.05, 0) is 38.0 Å². The van der Waals surface area contributed by atoms with Crippen molar-refractivity contribution < 1.29 is 9.90 Å². The summed E-state index contributed by atoms with van der Waals surface area (Å²) in [6.45, 7) is 5.51. The summed E-state index contributed by atoms with van der Waals surface area (Å²) in [6.07, 6.45) is 1.27. The first kappa shape index (κ1) is 12.6. The summed E-state index contributed by atoms with van der Waals surface area (Å²) in [7, 11) is 0. The van der Waals surface area contributed by atoms with E-state index < -0.39 is 0 Å². The number of aryl methyl sites for hydroxylation is 1. The van der Waals surface area contributed by atoms with Crippen molar-refractivity contribution in [3.63, 3.8) is 0 Å². The minimum absolute atomic E-state index is 0.193. The number of hydrogen-bond donors (Lipinski definition) is 1. The van der Waals surface area contributed by atoms with Crippen LogP contribution < -0.4 is 0 Å². The highest BCUT2D eigenvalue weighted by atomic mass is 16.3. The van der Waals surface area contributed by atoms with Gasteiger partial charge in [0.1, 0.15) is 5.75 Å². The minimum atomic E-state index is 0.193. The first-order chi connectivity index (χ1) is 7.67. The van der Waals surface area contributed by atoms with Gasteiger partial charge in [0.25, 0.3) is 0 Å². The van der Waals surface area contributed by atoms with Gasteiger partial charge in [0.15, 0.2) is 0 Å². The van der Waals surface area contributed by atoms with Crippen LogP contribution in [-0.4, -0.2) is 29.0 Å². The summed E-state index contributed by atoms with van der Waals surface area (Å²) in [4.78, 5) is 13.6. The topological polar surface area (TPSA) is 40.5 Å². The SMILES string of the molecule is CCN(CC)C(=O)CCc1ccc(O)cc1. The normalized spacial score (nSPS) is 10.1. The molecule has 1 amide bonds. The molecule has 0 unspecified atom stereocenters. The second-order valence-corrected chi connectivity index (χ2v) is 3.73. The van der Waals surface area contributed by atoms with Crippen molar-refractivity contribution >= 4 is 5.91 Å². The van der Waals surface area contributed by atoms with Gasteiger partial charge < -0.3 is 10.0 Å². The maximum atomic E-state index is 11.7. The summed E-state index contributed by atoms with van der Waals surface area (Å²) < 4.78 is 0. The van der Waals surface area contributed by atoms with Crippen molar-refractivity contribution in [3.8, 4) is 5.75 Å². The van der Waals surface area contributed by atoms with Crippen LogP contribution in [0.1, 0.15) is 25.8 Å². The van der Waals surface area contributed by atoms with E-state index in [2.05, 4.69) is 0 Å². The fourth-order valence-electron chi connectivity index (χ4n) is 1.65. The Morgan fingerprint density at radius 1 is 1.19 bits per heavy atom. The largest absolute Gasteiger partial charge is 0.508 e. The molecule has 0 heterocycles. The van der Waals surface area contributed by atoms with Crippen molar-refractivity contribution in [2.75, 3.05) is 13.1 Å². The zero-order valence-corrected chi connectivity index (χ0v) is 9.94. The standard InChI is InChI=1S/C13H19NO2/c1-3-14(4-2)13(16)10-7-11-5-8-12(15)9-6-11/h5-6,8-9,15H,3-4,7,10H2,1-2H3. The number of amides is 1. The van der Waals surface area contributed by atoms with Gasteiger partial charge >= 0.3 is 0 Å². The lowest BCUT2D eigenvalue weighted by Gasteiger charge is -2.18. The molecule has 1 N–H and O–H groups in total. The highest BCUT2D eigenvalue weighted by molar-refractivity contribution is 5.76. The summed E-state index contributed by atoms with van der Waals surface area (Å²) in [5.41, 5.74) is 1.08. The van der Waals surface area contributed by atoms with Crippen molar-refractivity contribution in [2.24, 2.45) is 0 Å². The van der Waals surface area contributed by atoms with E-state index in [0.717, 1.165) is 25.1 Å². The van der Waals surface area contributed by atoms with Gasteiger partial charge in [0.2, 0.25) is 5.91 Å². The van der Waals surface area contributed by atoms with Crippen LogP contribution in [0.3, 0.4) is 0 Å². The van der Waals surface area contributed by atoms with Gasteiger partial charge in [-0.2, -0.15) is 0 Å². The first-order valence-electron chi connectivity index (χ1n) is 5.73. The number of aromatic hydroxyl groups is 1. The summed E-state index contributed by atoms with van der Waals surface area (Å²) >= 11 is 0. The average Bonchev–Trinajstić information content (AvgIpc) is 2.30. The molecule has 0 fully saturated rings. The fraction of sp³-hybridized carbons (Fsp3) is 0.462. The second kappa shape index (κ2) is 6.16. The number of hydrogen-bond acceptors (Lipinski definition) is 2. The fourth-order valence-corrected chi connectivity index (χ4v) is 1.65. The summed E-state index contributed by atoms with van der Waals surface area (Å²) in [5, 5.41) is 9.12. The molecule has 0 atom stereocenters. The third kappa shape index (κ3) is 3.57. The maximum Gasteiger partial charge on any atom is 0.222 e. The lowest BCUT2D eigenvalue weighted by molar-refractivity contribution is -0.130. The molecule has 0 saturated carbocycles. The van der Waals surface area contributed by atoms with Crippen LogP contribution in [0.5, 0.6) is 5.75 Å². The van der Waals surface area contributed by atoms with Gasteiger partial charge in [-0.1, -0.05) is 12.1 Å². The van der Waals surface area contributed by atoms with Gasteiger partial charge in [-0.25, -0.2) is 0 Å². The number of nitrogens with zero attached hydrogens (tertiary/aromatic N) is 1. The smallest absolute Gasteiger partial charge is 0.222 e. The minimum Gasteiger partial charge on any atom is -0.508 e. The molecule has 1 rings (SSSR count). The van der Waals surface area contributed by atoms with E-state index in [0.29, 0.717) is 6.42 Å². The van der Waals surface area contributed by atoms with Crippen LogP contribution >= 0.6 is 0 Å². The Morgan fingerprint density at radius 2 is 1.75 bits per heavy atom. The Balaban J connectivity index is 2.45. The predicted molar refractivity (Wildman–Crippen MR) is 64.4 cm³/mol. The van der Waals surface area contributed by atoms with Gasteiger partial charge in [0.05, 0.1) is 0 Å². The highest BCUT2D eigenvalue weighted by Gasteiger charge is 2.08. The van der Waals surface area contributed by atoms with Crippen LogP contribution in [0.4, 0.5) is 0 Å². The highest BCUT2D eigenvalue weighted by Crippen LogP contribution is 2.11. The van der Waals surface area contributed by atoms with Crippen LogP contribution in [-0.2, 0) is 11.2 Å². The molecule has 0 aliphatic heterocycles. The molecule has 0 bridgehead atoms. The molecule has 0 aliphatic rings. The molecule has 0 aromatic heterocycles. The first-order valence-corrected chi connectivity index (χ1v) is 5.73. The molecule has 0 radical (unpaired) electrons. The molecule has 3 nitrogen and oxygen atoms in total. The Hall–Kier alpha value is -1.51. The Labute approximate surface area is 96.7 Å².